The number of non-ortho nitro benzene ring substituents is 1. The lowest BCUT2D eigenvalue weighted by atomic mass is 9.88. The van der Waals surface area contributed by atoms with E-state index >= 15 is 0 Å². The Morgan fingerprint density at radius 2 is 1.77 bits per heavy atom. The lowest BCUT2D eigenvalue weighted by Crippen LogP contribution is -2.51. The highest BCUT2D eigenvalue weighted by atomic mass is 16.6. The Morgan fingerprint density at radius 1 is 1.06 bits per heavy atom. The van der Waals surface area contributed by atoms with E-state index in [4.69, 9.17) is 5.73 Å². The van der Waals surface area contributed by atoms with E-state index in [1.54, 1.807) is 11.8 Å². The fourth-order valence-electron chi connectivity index (χ4n) is 5.03. The summed E-state index contributed by atoms with van der Waals surface area (Å²) in [5.74, 6) is -3.52. The summed E-state index contributed by atoms with van der Waals surface area (Å²) in [4.78, 5) is 52.9. The van der Waals surface area contributed by atoms with E-state index in [0.29, 0.717) is 5.56 Å². The van der Waals surface area contributed by atoms with E-state index in [9.17, 15) is 24.5 Å². The van der Waals surface area contributed by atoms with Gasteiger partial charge in [0, 0.05) is 17.8 Å². The topological polar surface area (TPSA) is 127 Å². The summed E-state index contributed by atoms with van der Waals surface area (Å²) in [7, 11) is 0. The molecule has 0 aliphatic carbocycles. The van der Waals surface area contributed by atoms with Gasteiger partial charge in [-0.2, -0.15) is 0 Å². The molecule has 9 heteroatoms. The summed E-state index contributed by atoms with van der Waals surface area (Å²) >= 11 is 0. The standard InChI is InChI=1S/C22H18N4O5/c1-11-6-8-13(26(30)31)10-16(11)25-21(28)17-15-9-7-12-4-2-3-5-14(12)24(15)19(20(23)27)18(17)22(25)29/h2-10,15,17-19H,1H3,(H2,23,27)/t15-,17-,18-,19+/m1/s1. The predicted molar refractivity (Wildman–Crippen MR) is 112 cm³/mol. The van der Waals surface area contributed by atoms with Gasteiger partial charge in [0.1, 0.15) is 6.04 Å². The molecule has 5 rings (SSSR count). The molecule has 2 fully saturated rings. The van der Waals surface area contributed by atoms with E-state index in [1.807, 2.05) is 36.4 Å². The maximum Gasteiger partial charge on any atom is 0.271 e. The van der Waals surface area contributed by atoms with Crippen LogP contribution in [0.3, 0.4) is 0 Å². The van der Waals surface area contributed by atoms with E-state index in [0.717, 1.165) is 16.2 Å². The van der Waals surface area contributed by atoms with Crippen molar-refractivity contribution in [2.24, 2.45) is 17.6 Å². The number of carbonyl (C=O) groups is 3. The number of anilines is 2. The number of rotatable bonds is 3. The molecule has 156 valence electrons. The number of nitrogens with zero attached hydrogens (tertiary/aromatic N) is 3. The van der Waals surface area contributed by atoms with Crippen LogP contribution in [-0.2, 0) is 14.4 Å². The molecule has 9 nitrogen and oxygen atoms in total. The average Bonchev–Trinajstić information content (AvgIpc) is 3.22. The molecule has 3 aliphatic heterocycles. The Labute approximate surface area is 176 Å². The highest BCUT2D eigenvalue weighted by Gasteiger charge is 2.64. The van der Waals surface area contributed by atoms with Crippen molar-refractivity contribution < 1.29 is 19.3 Å². The monoisotopic (exact) mass is 418 g/mol. The first-order chi connectivity index (χ1) is 14.8. The summed E-state index contributed by atoms with van der Waals surface area (Å²) < 4.78 is 0. The van der Waals surface area contributed by atoms with Crippen LogP contribution in [0.1, 0.15) is 11.1 Å². The number of nitro benzene ring substituents is 1. The lowest BCUT2D eigenvalue weighted by Gasteiger charge is -2.36. The van der Waals surface area contributed by atoms with Crippen LogP contribution < -0.4 is 15.5 Å². The second-order valence-electron chi connectivity index (χ2n) is 7.95. The van der Waals surface area contributed by atoms with Crippen molar-refractivity contribution >= 4 is 40.9 Å². The zero-order chi connectivity index (χ0) is 22.0. The number of imide groups is 1. The summed E-state index contributed by atoms with van der Waals surface area (Å²) in [5.41, 5.74) is 7.82. The summed E-state index contributed by atoms with van der Waals surface area (Å²) in [5, 5.41) is 11.2. The van der Waals surface area contributed by atoms with Crippen LogP contribution >= 0.6 is 0 Å². The molecule has 2 N–H and O–H groups in total. The molecule has 2 aromatic carbocycles. The highest BCUT2D eigenvalue weighted by Crippen LogP contribution is 2.49. The minimum Gasteiger partial charge on any atom is -0.368 e. The molecule has 3 aliphatic rings. The van der Waals surface area contributed by atoms with Gasteiger partial charge in [-0.05, 0) is 24.1 Å². The minimum atomic E-state index is -0.999. The van der Waals surface area contributed by atoms with E-state index in [-0.39, 0.29) is 11.4 Å². The van der Waals surface area contributed by atoms with Crippen molar-refractivity contribution in [3.63, 3.8) is 0 Å². The lowest BCUT2D eigenvalue weighted by molar-refractivity contribution is -0.384. The summed E-state index contributed by atoms with van der Waals surface area (Å²) in [6.07, 6.45) is 3.69. The van der Waals surface area contributed by atoms with Crippen LogP contribution in [0.2, 0.25) is 0 Å². The Bertz CT molecular complexity index is 1210. The van der Waals surface area contributed by atoms with Crippen molar-refractivity contribution in [3.8, 4) is 0 Å². The largest absolute Gasteiger partial charge is 0.368 e. The van der Waals surface area contributed by atoms with Crippen LogP contribution in [0.5, 0.6) is 0 Å². The molecule has 31 heavy (non-hydrogen) atoms. The number of primary amides is 1. The molecule has 0 unspecified atom stereocenters. The van der Waals surface area contributed by atoms with Crippen molar-refractivity contribution in [1.29, 1.82) is 0 Å². The first-order valence-electron chi connectivity index (χ1n) is 9.79. The maximum absolute atomic E-state index is 13.5. The molecule has 4 atom stereocenters. The molecule has 2 saturated heterocycles. The van der Waals surface area contributed by atoms with Crippen molar-refractivity contribution in [2.45, 2.75) is 19.0 Å². The van der Waals surface area contributed by atoms with Gasteiger partial charge in [0.2, 0.25) is 17.7 Å². The zero-order valence-corrected chi connectivity index (χ0v) is 16.5. The first-order valence-corrected chi connectivity index (χ1v) is 9.79. The number of benzene rings is 2. The number of hydrogen-bond acceptors (Lipinski definition) is 6. The quantitative estimate of drug-likeness (QED) is 0.460. The maximum atomic E-state index is 13.5. The number of fused-ring (bicyclic) bond motifs is 5. The molecule has 0 radical (unpaired) electrons. The van der Waals surface area contributed by atoms with Gasteiger partial charge in [-0.3, -0.25) is 24.5 Å². The van der Waals surface area contributed by atoms with E-state index in [2.05, 4.69) is 0 Å². The molecule has 0 aromatic heterocycles. The first kappa shape index (κ1) is 19.0. The number of carbonyl (C=O) groups excluding carboxylic acids is 3. The Hall–Kier alpha value is -4.01. The number of nitro groups is 1. The van der Waals surface area contributed by atoms with Crippen LogP contribution in [0, 0.1) is 28.9 Å². The predicted octanol–water partition coefficient (Wildman–Crippen LogP) is 1.78. The third kappa shape index (κ3) is 2.52. The zero-order valence-electron chi connectivity index (χ0n) is 16.5. The molecule has 3 amide bonds. The van der Waals surface area contributed by atoms with Crippen LogP contribution in [0.25, 0.3) is 6.08 Å². The van der Waals surface area contributed by atoms with Gasteiger partial charge in [-0.1, -0.05) is 36.4 Å². The molecule has 0 bridgehead atoms. The fraction of sp³-hybridized carbons (Fsp3) is 0.227. The van der Waals surface area contributed by atoms with Crippen LogP contribution in [-0.4, -0.2) is 34.7 Å². The smallest absolute Gasteiger partial charge is 0.271 e. The molecule has 2 aromatic rings. The van der Waals surface area contributed by atoms with Gasteiger partial charge in [0.25, 0.3) is 5.69 Å². The Morgan fingerprint density at radius 3 is 2.48 bits per heavy atom. The summed E-state index contributed by atoms with van der Waals surface area (Å²) in [6.45, 7) is 1.67. The molecule has 0 spiro atoms. The number of hydrogen-bond donors (Lipinski definition) is 1. The van der Waals surface area contributed by atoms with E-state index in [1.165, 1.54) is 18.2 Å². The molecule has 0 saturated carbocycles. The SMILES string of the molecule is Cc1ccc([N+](=O)[O-])cc1N1C(=O)[C@@H]2[C@H](C1=O)[C@H]1C=Cc3ccccc3N1[C@@H]2C(N)=O. The number of aryl methyl sites for hydroxylation is 1. The van der Waals surface area contributed by atoms with Gasteiger partial charge in [-0.25, -0.2) is 4.90 Å². The van der Waals surface area contributed by atoms with Gasteiger partial charge in [0.05, 0.1) is 28.5 Å². The third-order valence-corrected chi connectivity index (χ3v) is 6.35. The molecular formula is C22H18N4O5. The highest BCUT2D eigenvalue weighted by molar-refractivity contribution is 6.25. The normalized spacial score (nSPS) is 26.0. The average molecular weight is 418 g/mol. The second kappa shape index (κ2) is 6.49. The molecule has 3 heterocycles. The van der Waals surface area contributed by atoms with Gasteiger partial charge in [-0.15, -0.1) is 0 Å². The minimum absolute atomic E-state index is 0.161. The number of para-hydroxylation sites is 1. The summed E-state index contributed by atoms with van der Waals surface area (Å²) in [6, 6.07) is 9.92. The van der Waals surface area contributed by atoms with Crippen molar-refractivity contribution in [1.82, 2.24) is 0 Å². The third-order valence-electron chi connectivity index (χ3n) is 6.35. The van der Waals surface area contributed by atoms with Crippen molar-refractivity contribution in [2.75, 3.05) is 9.80 Å². The fourth-order valence-corrected chi connectivity index (χ4v) is 5.03. The Balaban J connectivity index is 1.63. The van der Waals surface area contributed by atoms with E-state index < -0.39 is 46.6 Å². The van der Waals surface area contributed by atoms with Gasteiger partial charge < -0.3 is 10.6 Å². The number of amides is 3. The van der Waals surface area contributed by atoms with Crippen LogP contribution in [0.15, 0.2) is 48.5 Å². The number of nitrogens with two attached hydrogens (primary N) is 1. The van der Waals surface area contributed by atoms with Gasteiger partial charge >= 0.3 is 0 Å². The van der Waals surface area contributed by atoms with Crippen LogP contribution in [0.4, 0.5) is 17.1 Å². The Kier molecular flexibility index (Phi) is 3.98. The van der Waals surface area contributed by atoms with Crippen molar-refractivity contribution in [3.05, 3.63) is 69.8 Å². The second-order valence-corrected chi connectivity index (χ2v) is 7.95. The molecular weight excluding hydrogens is 400 g/mol. The van der Waals surface area contributed by atoms with Gasteiger partial charge in [0.15, 0.2) is 0 Å².